The minimum absolute atomic E-state index is 0.0943. The molecule has 2 fully saturated rings. The van der Waals surface area contributed by atoms with Crippen LogP contribution in [-0.4, -0.2) is 95.9 Å². The van der Waals surface area contributed by atoms with Crippen molar-refractivity contribution >= 4 is 10.9 Å². The molecule has 6 atom stereocenters. The second kappa shape index (κ2) is 12.0. The molecular formula is C28H32F6N4O4S. The second-order valence-corrected chi connectivity index (χ2v) is 13.8. The monoisotopic (exact) mass is 634 g/mol. The van der Waals surface area contributed by atoms with Crippen LogP contribution in [0.3, 0.4) is 0 Å². The Labute approximate surface area is 245 Å². The van der Waals surface area contributed by atoms with Crippen LogP contribution >= 0.6 is 10.9 Å². The van der Waals surface area contributed by atoms with Gasteiger partial charge in [-0.15, -0.1) is 5.10 Å². The number of hydrogen-bond acceptors (Lipinski definition) is 7. The van der Waals surface area contributed by atoms with Gasteiger partial charge in [0.15, 0.2) is 17.5 Å². The fraction of sp³-hybridized carbons (Fsp3) is 0.500. The van der Waals surface area contributed by atoms with E-state index >= 15 is 0 Å². The maximum absolute atomic E-state index is 14.2. The Balaban J connectivity index is 1.53. The highest BCUT2D eigenvalue weighted by molar-refractivity contribution is 8.18. The Morgan fingerprint density at radius 1 is 1.07 bits per heavy atom. The van der Waals surface area contributed by atoms with E-state index in [0.717, 1.165) is 10.7 Å². The molecule has 2 saturated heterocycles. The average Bonchev–Trinajstić information content (AvgIpc) is 3.43. The zero-order valence-corrected chi connectivity index (χ0v) is 23.9. The summed E-state index contributed by atoms with van der Waals surface area (Å²) >= 11 is 0. The van der Waals surface area contributed by atoms with Gasteiger partial charge in [0.2, 0.25) is 0 Å². The van der Waals surface area contributed by atoms with Gasteiger partial charge in [0, 0.05) is 34.9 Å². The molecule has 1 unspecified atom stereocenters. The van der Waals surface area contributed by atoms with Crippen molar-refractivity contribution < 1.29 is 46.8 Å². The highest BCUT2D eigenvalue weighted by Gasteiger charge is 2.53. The van der Waals surface area contributed by atoms with Crippen molar-refractivity contribution in [2.75, 3.05) is 32.5 Å². The minimum Gasteiger partial charge on any atom is -0.395 e. The first-order valence-corrected chi connectivity index (χ1v) is 15.3. The molecule has 43 heavy (non-hydrogen) atoms. The van der Waals surface area contributed by atoms with E-state index in [1.807, 2.05) is 11.9 Å². The van der Waals surface area contributed by atoms with Crippen molar-refractivity contribution in [1.82, 2.24) is 19.9 Å². The summed E-state index contributed by atoms with van der Waals surface area (Å²) in [5, 5.41) is 50.8. The number of hydrogen-bond donors (Lipinski definition) is 5. The highest BCUT2D eigenvalue weighted by Crippen LogP contribution is 2.60. The Kier molecular flexibility index (Phi) is 8.86. The molecule has 3 aromatic rings. The quantitative estimate of drug-likeness (QED) is 0.161. The van der Waals surface area contributed by atoms with Crippen molar-refractivity contribution in [2.24, 2.45) is 0 Å². The largest absolute Gasteiger partial charge is 0.416 e. The van der Waals surface area contributed by atoms with Gasteiger partial charge in [-0.2, -0.15) is 13.2 Å². The summed E-state index contributed by atoms with van der Waals surface area (Å²) in [6.45, 7) is 0.162. The molecule has 0 bridgehead atoms. The molecule has 2 aliphatic rings. The first-order valence-electron chi connectivity index (χ1n) is 13.6. The Hall–Kier alpha value is -2.69. The van der Waals surface area contributed by atoms with Gasteiger partial charge in [-0.05, 0) is 43.7 Å². The van der Waals surface area contributed by atoms with Crippen LogP contribution in [0.25, 0.3) is 11.3 Å². The van der Waals surface area contributed by atoms with Crippen LogP contribution in [0.4, 0.5) is 26.3 Å². The first-order chi connectivity index (χ1) is 20.2. The number of aliphatic hydroxyl groups excluding tert-OH is 3. The lowest BCUT2D eigenvalue weighted by Gasteiger charge is -2.53. The number of rotatable bonds is 6. The fourth-order valence-corrected chi connectivity index (χ4v) is 10.0. The number of thiol groups is 1. The van der Waals surface area contributed by atoms with E-state index < -0.39 is 81.0 Å². The van der Waals surface area contributed by atoms with Crippen molar-refractivity contribution in [3.05, 3.63) is 71.2 Å². The maximum atomic E-state index is 14.2. The molecule has 2 aliphatic heterocycles. The lowest BCUT2D eigenvalue weighted by molar-refractivity contribution is -0.138. The highest BCUT2D eigenvalue weighted by atomic mass is 32.2. The van der Waals surface area contributed by atoms with Gasteiger partial charge in [0.1, 0.15) is 11.7 Å². The SMILES string of the molecule is CN1CCC(O)([C@@H](c2ccccc2C(F)(F)F)[SH]2C[C@H](O)[C@H](n3cc(-c4cc(F)c(F)c(F)c4)nn3)[C@@H](O)[C@H]2CO)CC1. The standard InChI is InChI=1S/C28H32F6N4O4S/c1-37-8-6-27(42,7-9-37)26(16-4-2-3-5-17(16)28(32,33)34)43-14-21(40)24(25(41)22(43)13-39)38-12-20(35-36-38)15-10-18(29)23(31)19(30)11-15/h2-5,10-12,21-22,24-26,39-43H,6-9,13-14H2,1H3/t21-,22+,24-,25-,26+/m0/s1. The second-order valence-electron chi connectivity index (χ2n) is 11.2. The zero-order chi connectivity index (χ0) is 31.3. The molecule has 0 saturated carbocycles. The van der Waals surface area contributed by atoms with Crippen LogP contribution in [0, 0.1) is 17.5 Å². The molecule has 2 aromatic carbocycles. The molecule has 8 nitrogen and oxygen atoms in total. The minimum atomic E-state index is -4.74. The number of piperidine rings is 1. The summed E-state index contributed by atoms with van der Waals surface area (Å²) in [4.78, 5) is 1.94. The Morgan fingerprint density at radius 3 is 2.30 bits per heavy atom. The lowest BCUT2D eigenvalue weighted by atomic mass is 9.83. The summed E-state index contributed by atoms with van der Waals surface area (Å²) in [6, 6.07) is 5.11. The number of nitrogens with zero attached hydrogens (tertiary/aromatic N) is 4. The smallest absolute Gasteiger partial charge is 0.395 e. The molecule has 15 heteroatoms. The maximum Gasteiger partial charge on any atom is 0.416 e. The third-order valence-electron chi connectivity index (χ3n) is 8.50. The third kappa shape index (κ3) is 6.02. The first kappa shape index (κ1) is 31.7. The molecule has 0 radical (unpaired) electrons. The molecular weight excluding hydrogens is 602 g/mol. The van der Waals surface area contributed by atoms with E-state index in [2.05, 4.69) is 10.3 Å². The van der Waals surface area contributed by atoms with Crippen LogP contribution in [-0.2, 0) is 6.18 Å². The lowest BCUT2D eigenvalue weighted by Crippen LogP contribution is -2.54. The van der Waals surface area contributed by atoms with E-state index in [4.69, 9.17) is 0 Å². The van der Waals surface area contributed by atoms with Gasteiger partial charge in [-0.3, -0.25) is 0 Å². The predicted octanol–water partition coefficient (Wildman–Crippen LogP) is 3.22. The molecule has 236 valence electrons. The summed E-state index contributed by atoms with van der Waals surface area (Å²) in [7, 11) is -0.0567. The van der Waals surface area contributed by atoms with E-state index in [1.165, 1.54) is 24.4 Å². The molecule has 0 amide bonds. The number of aromatic nitrogens is 3. The number of aliphatic hydroxyl groups is 4. The van der Waals surface area contributed by atoms with Crippen LogP contribution in [0.15, 0.2) is 42.6 Å². The molecule has 1 aromatic heterocycles. The van der Waals surface area contributed by atoms with Crippen LogP contribution < -0.4 is 0 Å². The number of likely N-dealkylation sites (tertiary alicyclic amines) is 1. The van der Waals surface area contributed by atoms with Gasteiger partial charge in [-0.1, -0.05) is 23.4 Å². The average molecular weight is 635 g/mol. The van der Waals surface area contributed by atoms with Crippen LogP contribution in [0.1, 0.15) is 35.3 Å². The van der Waals surface area contributed by atoms with Crippen molar-refractivity contribution in [3.8, 4) is 11.3 Å². The molecule has 5 rings (SSSR count). The van der Waals surface area contributed by atoms with Crippen molar-refractivity contribution in [3.63, 3.8) is 0 Å². The summed E-state index contributed by atoms with van der Waals surface area (Å²) in [5.74, 6) is -4.73. The van der Waals surface area contributed by atoms with Crippen molar-refractivity contribution in [2.45, 2.75) is 53.4 Å². The van der Waals surface area contributed by atoms with Gasteiger partial charge in [0.25, 0.3) is 0 Å². The van der Waals surface area contributed by atoms with E-state index in [-0.39, 0.29) is 35.4 Å². The predicted molar refractivity (Wildman–Crippen MR) is 147 cm³/mol. The zero-order valence-electron chi connectivity index (χ0n) is 23.0. The topological polar surface area (TPSA) is 115 Å². The van der Waals surface area contributed by atoms with E-state index in [9.17, 15) is 46.8 Å². The van der Waals surface area contributed by atoms with Gasteiger partial charge in [0.05, 0.1) is 36.2 Å². The summed E-state index contributed by atoms with van der Waals surface area (Å²) < 4.78 is 84.8. The molecule has 3 heterocycles. The Morgan fingerprint density at radius 2 is 1.70 bits per heavy atom. The van der Waals surface area contributed by atoms with Crippen LogP contribution in [0.2, 0.25) is 0 Å². The van der Waals surface area contributed by atoms with Gasteiger partial charge in [-0.25, -0.2) is 28.7 Å². The number of benzene rings is 2. The molecule has 0 aliphatic carbocycles. The third-order valence-corrected chi connectivity index (χ3v) is 12.0. The fourth-order valence-electron chi connectivity index (χ4n) is 6.26. The Bertz CT molecular complexity index is 1430. The summed E-state index contributed by atoms with van der Waals surface area (Å²) in [5.41, 5.74) is -2.96. The summed E-state index contributed by atoms with van der Waals surface area (Å²) in [6.07, 6.45) is -6.23. The molecule has 4 N–H and O–H groups in total. The van der Waals surface area contributed by atoms with Crippen molar-refractivity contribution in [1.29, 1.82) is 0 Å². The van der Waals surface area contributed by atoms with Gasteiger partial charge < -0.3 is 25.3 Å². The van der Waals surface area contributed by atoms with Crippen LogP contribution in [0.5, 0.6) is 0 Å². The number of halogens is 6. The van der Waals surface area contributed by atoms with E-state index in [1.54, 1.807) is 0 Å². The number of alkyl halides is 3. The normalized spacial score (nSPS) is 28.1. The molecule has 0 spiro atoms. The van der Waals surface area contributed by atoms with E-state index in [0.29, 0.717) is 25.2 Å². The van der Waals surface area contributed by atoms with Gasteiger partial charge >= 0.3 is 6.18 Å².